The molecule has 18 heavy (non-hydrogen) atoms. The van der Waals surface area contributed by atoms with Crippen LogP contribution in [0.4, 0.5) is 0 Å². The van der Waals surface area contributed by atoms with Gasteiger partial charge in [0.25, 0.3) is 0 Å². The number of hydrogen-bond acceptors (Lipinski definition) is 6. The van der Waals surface area contributed by atoms with Gasteiger partial charge < -0.3 is 5.26 Å². The Morgan fingerprint density at radius 2 is 2.11 bits per heavy atom. The van der Waals surface area contributed by atoms with Crippen LogP contribution in [0.25, 0.3) is 0 Å². The predicted octanol–water partition coefficient (Wildman–Crippen LogP) is -1.60. The van der Waals surface area contributed by atoms with Gasteiger partial charge in [-0.25, -0.2) is 8.42 Å². The Balaban J connectivity index is 0.00000289. The Morgan fingerprint density at radius 3 is 2.61 bits per heavy atom. The average molecular weight is 365 g/mol. The minimum Gasteiger partial charge on any atom is -0.691 e. The molecule has 1 aromatic carbocycles. The van der Waals surface area contributed by atoms with Crippen molar-refractivity contribution in [1.29, 1.82) is 0 Å². The zero-order valence-electron chi connectivity index (χ0n) is 9.88. The van der Waals surface area contributed by atoms with Gasteiger partial charge in [0.2, 0.25) is 0 Å². The van der Waals surface area contributed by atoms with Gasteiger partial charge in [0.15, 0.2) is 9.84 Å². The van der Waals surface area contributed by atoms with Gasteiger partial charge in [-0.05, 0) is 30.7 Å². The van der Waals surface area contributed by atoms with Crippen molar-refractivity contribution in [3.05, 3.63) is 23.8 Å². The first kappa shape index (κ1) is 18.9. The summed E-state index contributed by atoms with van der Waals surface area (Å²) in [7, 11) is -3.27. The number of halogens is 1. The zero-order valence-corrected chi connectivity index (χ0v) is 15.1. The number of aryl methyl sites for hydroxylation is 1. The third-order valence-electron chi connectivity index (χ3n) is 1.99. The maximum absolute atomic E-state index is 11.8. The van der Waals surface area contributed by atoms with Crippen molar-refractivity contribution < 1.29 is 52.6 Å². The molecule has 0 saturated heterocycles. The topological polar surface area (TPSA) is 75.7 Å². The van der Waals surface area contributed by atoms with E-state index in [0.29, 0.717) is 15.8 Å². The molecule has 9 heteroatoms. The van der Waals surface area contributed by atoms with Crippen molar-refractivity contribution in [2.45, 2.75) is 16.7 Å². The SMILES string of the molecule is Cc1cc(SOO[O-])ccc1S(=O)(=O)CCBr.[Na+]. The van der Waals surface area contributed by atoms with Gasteiger partial charge in [-0.15, -0.1) is 0 Å². The van der Waals surface area contributed by atoms with Crippen LogP contribution in [0.15, 0.2) is 28.0 Å². The smallest absolute Gasteiger partial charge is 0.691 e. The summed E-state index contributed by atoms with van der Waals surface area (Å²) in [4.78, 5) is 0.875. The summed E-state index contributed by atoms with van der Waals surface area (Å²) < 4.78 is 27.8. The van der Waals surface area contributed by atoms with Crippen LogP contribution in [0.2, 0.25) is 0 Å². The molecule has 0 unspecified atom stereocenters. The molecule has 0 heterocycles. The summed E-state index contributed by atoms with van der Waals surface area (Å²) in [5, 5.41) is 13.3. The molecule has 0 bridgehead atoms. The Kier molecular flexibility index (Phi) is 9.37. The Labute approximate surface area is 141 Å². The van der Waals surface area contributed by atoms with Crippen LogP contribution in [0.5, 0.6) is 0 Å². The molecule has 0 N–H and O–H groups in total. The summed E-state index contributed by atoms with van der Waals surface area (Å²) in [6, 6.07) is 4.66. The van der Waals surface area contributed by atoms with E-state index < -0.39 is 9.84 Å². The van der Waals surface area contributed by atoms with E-state index in [1.54, 1.807) is 19.1 Å². The number of sulfone groups is 1. The summed E-state index contributed by atoms with van der Waals surface area (Å²) in [6.07, 6.45) is 0. The molecule has 0 aliphatic rings. The van der Waals surface area contributed by atoms with Gasteiger partial charge in [-0.3, -0.25) is 5.04 Å². The van der Waals surface area contributed by atoms with Gasteiger partial charge in [0, 0.05) is 10.2 Å². The Hall–Kier alpha value is 0.880. The first-order chi connectivity index (χ1) is 8.01. The normalized spacial score (nSPS) is 11.1. The molecular weight excluding hydrogens is 355 g/mol. The Bertz CT molecular complexity index is 480. The maximum atomic E-state index is 11.8. The molecule has 96 valence electrons. The first-order valence-corrected chi connectivity index (χ1v) is 8.05. The van der Waals surface area contributed by atoms with E-state index in [4.69, 9.17) is 0 Å². The maximum Gasteiger partial charge on any atom is 1.00 e. The molecule has 1 aromatic rings. The zero-order chi connectivity index (χ0) is 12.9. The van der Waals surface area contributed by atoms with Crippen LogP contribution in [0.1, 0.15) is 5.56 Å². The van der Waals surface area contributed by atoms with Gasteiger partial charge >= 0.3 is 29.6 Å². The molecule has 0 fully saturated rings. The first-order valence-electron chi connectivity index (χ1n) is 4.54. The second kappa shape index (κ2) is 8.93. The molecule has 0 saturated carbocycles. The standard InChI is InChI=1S/C9H11BrO5S2.Na/c1-7-6-8(16-15-14-11)2-3-9(7)17(12,13)5-4-10;/h2-3,6,11H,4-5H2,1H3;/q;+1/p-1. The monoisotopic (exact) mass is 364 g/mol. The Morgan fingerprint density at radius 1 is 1.44 bits per heavy atom. The number of hydrogen-bond donors (Lipinski definition) is 0. The third-order valence-corrected chi connectivity index (χ3v) is 5.35. The van der Waals surface area contributed by atoms with Crippen LogP contribution in [0.3, 0.4) is 0 Å². The fourth-order valence-corrected chi connectivity index (χ4v) is 4.27. The van der Waals surface area contributed by atoms with Crippen LogP contribution in [0, 0.1) is 6.92 Å². The molecule has 0 radical (unpaired) electrons. The van der Waals surface area contributed by atoms with E-state index >= 15 is 0 Å². The van der Waals surface area contributed by atoms with Crippen molar-refractivity contribution in [2.75, 3.05) is 11.1 Å². The van der Waals surface area contributed by atoms with Gasteiger partial charge in [0.05, 0.1) is 22.7 Å². The van der Waals surface area contributed by atoms with Gasteiger partial charge in [-0.1, -0.05) is 15.9 Å². The van der Waals surface area contributed by atoms with Crippen molar-refractivity contribution in [3.63, 3.8) is 0 Å². The van der Waals surface area contributed by atoms with Crippen LogP contribution in [-0.4, -0.2) is 19.5 Å². The average Bonchev–Trinajstić information content (AvgIpc) is 2.26. The summed E-state index contributed by atoms with van der Waals surface area (Å²) in [5.74, 6) is 0.0422. The van der Waals surface area contributed by atoms with Crippen molar-refractivity contribution >= 4 is 37.8 Å². The van der Waals surface area contributed by atoms with Crippen molar-refractivity contribution in [2.24, 2.45) is 0 Å². The fourth-order valence-electron chi connectivity index (χ4n) is 1.29. The van der Waals surface area contributed by atoms with Crippen molar-refractivity contribution in [1.82, 2.24) is 0 Å². The molecule has 5 nitrogen and oxygen atoms in total. The fraction of sp³-hybridized carbons (Fsp3) is 0.333. The van der Waals surface area contributed by atoms with Crippen LogP contribution in [-0.2, 0) is 19.2 Å². The van der Waals surface area contributed by atoms with Crippen LogP contribution >= 0.6 is 28.0 Å². The largest absolute Gasteiger partial charge is 1.00 e. The van der Waals surface area contributed by atoms with E-state index in [1.165, 1.54) is 6.07 Å². The molecule has 0 aliphatic carbocycles. The molecule has 0 atom stereocenters. The number of alkyl halides is 1. The van der Waals surface area contributed by atoms with E-state index in [1.807, 2.05) is 0 Å². The minimum atomic E-state index is -3.27. The summed E-state index contributed by atoms with van der Waals surface area (Å²) in [5.41, 5.74) is 0.602. The van der Waals surface area contributed by atoms with Crippen molar-refractivity contribution in [3.8, 4) is 0 Å². The number of rotatable bonds is 6. The second-order valence-corrected chi connectivity index (χ2v) is 6.80. The summed E-state index contributed by atoms with van der Waals surface area (Å²) >= 11 is 3.83. The molecule has 0 aliphatic heterocycles. The van der Waals surface area contributed by atoms with E-state index in [2.05, 4.69) is 25.3 Å². The molecule has 1 rings (SSSR count). The van der Waals surface area contributed by atoms with E-state index in [-0.39, 0.29) is 40.2 Å². The summed E-state index contributed by atoms with van der Waals surface area (Å²) in [6.45, 7) is 1.68. The third kappa shape index (κ3) is 5.48. The molecular formula is C9H10BrNaO5S2. The quantitative estimate of drug-likeness (QED) is 0.199. The number of benzene rings is 1. The van der Waals surface area contributed by atoms with Gasteiger partial charge in [-0.2, -0.15) is 4.33 Å². The molecule has 0 spiro atoms. The second-order valence-electron chi connectivity index (χ2n) is 3.15. The molecule has 0 aromatic heterocycles. The minimum absolute atomic E-state index is 0. The van der Waals surface area contributed by atoms with E-state index in [0.717, 1.165) is 12.0 Å². The van der Waals surface area contributed by atoms with E-state index in [9.17, 15) is 13.7 Å². The van der Waals surface area contributed by atoms with Crippen LogP contribution < -0.4 is 34.8 Å². The van der Waals surface area contributed by atoms with Gasteiger partial charge in [0.1, 0.15) is 0 Å². The molecule has 0 amide bonds. The predicted molar refractivity (Wildman–Crippen MR) is 65.1 cm³/mol.